The smallest absolute Gasteiger partial charge is 0.224 e. The highest BCUT2D eigenvalue weighted by Crippen LogP contribution is 2.25. The minimum atomic E-state index is 0.770. The van der Waals surface area contributed by atoms with Crippen molar-refractivity contribution in [2.24, 2.45) is 5.92 Å². The lowest BCUT2D eigenvalue weighted by Crippen LogP contribution is -2.21. The van der Waals surface area contributed by atoms with Gasteiger partial charge in [-0.1, -0.05) is 20.3 Å². The van der Waals surface area contributed by atoms with Crippen molar-refractivity contribution in [2.75, 3.05) is 29.9 Å². The maximum Gasteiger partial charge on any atom is 0.224 e. The van der Waals surface area contributed by atoms with E-state index in [1.807, 2.05) is 6.92 Å². The molecule has 1 fully saturated rings. The van der Waals surface area contributed by atoms with Crippen molar-refractivity contribution in [3.63, 3.8) is 0 Å². The van der Waals surface area contributed by atoms with Crippen LogP contribution in [-0.4, -0.2) is 29.6 Å². The molecule has 2 rings (SSSR count). The van der Waals surface area contributed by atoms with Crippen LogP contribution in [0.4, 0.5) is 11.8 Å². The van der Waals surface area contributed by atoms with E-state index in [9.17, 15) is 0 Å². The van der Waals surface area contributed by atoms with Crippen LogP contribution in [0.25, 0.3) is 0 Å². The van der Waals surface area contributed by atoms with E-state index >= 15 is 0 Å². The number of hydrogen-bond acceptors (Lipinski definition) is 4. The van der Waals surface area contributed by atoms with Crippen LogP contribution in [0, 0.1) is 12.8 Å². The number of rotatable bonds is 5. The summed E-state index contributed by atoms with van der Waals surface area (Å²) in [4.78, 5) is 11.4. The first-order valence-electron chi connectivity index (χ1n) is 7.07. The Balaban J connectivity index is 2.10. The summed E-state index contributed by atoms with van der Waals surface area (Å²) in [6.07, 6.45) is 3.65. The van der Waals surface area contributed by atoms with E-state index in [0.29, 0.717) is 0 Å². The third-order valence-electron chi connectivity index (χ3n) is 3.56. The maximum absolute atomic E-state index is 4.63. The SMILES string of the molecule is CCCNc1nc(C)cc(N2CCC(CC)C2)n1. The Morgan fingerprint density at radius 2 is 2.22 bits per heavy atom. The normalized spacial score (nSPS) is 19.3. The molecule has 4 nitrogen and oxygen atoms in total. The van der Waals surface area contributed by atoms with Crippen molar-refractivity contribution in [1.29, 1.82) is 0 Å². The summed E-state index contributed by atoms with van der Waals surface area (Å²) in [5.41, 5.74) is 1.04. The van der Waals surface area contributed by atoms with Crippen molar-refractivity contribution in [2.45, 2.75) is 40.0 Å². The van der Waals surface area contributed by atoms with Gasteiger partial charge < -0.3 is 10.2 Å². The number of hydrogen-bond donors (Lipinski definition) is 1. The van der Waals surface area contributed by atoms with Crippen LogP contribution >= 0.6 is 0 Å². The molecule has 100 valence electrons. The zero-order valence-corrected chi connectivity index (χ0v) is 11.7. The Morgan fingerprint density at radius 3 is 2.89 bits per heavy atom. The summed E-state index contributed by atoms with van der Waals surface area (Å²) in [5.74, 6) is 2.68. The number of aromatic nitrogens is 2. The van der Waals surface area contributed by atoms with E-state index in [4.69, 9.17) is 0 Å². The lowest BCUT2D eigenvalue weighted by Gasteiger charge is -2.18. The molecule has 1 saturated heterocycles. The van der Waals surface area contributed by atoms with Crippen LogP contribution in [0.3, 0.4) is 0 Å². The zero-order valence-electron chi connectivity index (χ0n) is 11.7. The molecule has 0 amide bonds. The third kappa shape index (κ3) is 3.12. The van der Waals surface area contributed by atoms with Crippen LogP contribution in [0.5, 0.6) is 0 Å². The highest BCUT2D eigenvalue weighted by atomic mass is 15.2. The first kappa shape index (κ1) is 13.1. The summed E-state index contributed by atoms with van der Waals surface area (Å²) in [6.45, 7) is 9.65. The van der Waals surface area contributed by atoms with Crippen LogP contribution in [0.15, 0.2) is 6.07 Å². The molecule has 1 aromatic rings. The van der Waals surface area contributed by atoms with Crippen LogP contribution < -0.4 is 10.2 Å². The van der Waals surface area contributed by atoms with Gasteiger partial charge in [-0.15, -0.1) is 0 Å². The highest BCUT2D eigenvalue weighted by molar-refractivity contribution is 5.45. The summed E-state index contributed by atoms with van der Waals surface area (Å²) in [5, 5.41) is 3.28. The summed E-state index contributed by atoms with van der Waals surface area (Å²) in [7, 11) is 0. The molecular weight excluding hydrogens is 224 g/mol. The average molecular weight is 248 g/mol. The van der Waals surface area contributed by atoms with E-state index in [0.717, 1.165) is 49.4 Å². The van der Waals surface area contributed by atoms with E-state index in [1.54, 1.807) is 0 Å². The van der Waals surface area contributed by atoms with Crippen molar-refractivity contribution >= 4 is 11.8 Å². The fraction of sp³-hybridized carbons (Fsp3) is 0.714. The molecule has 0 saturated carbocycles. The largest absolute Gasteiger partial charge is 0.356 e. The molecule has 1 aliphatic rings. The van der Waals surface area contributed by atoms with Gasteiger partial charge in [0.25, 0.3) is 0 Å². The fourth-order valence-corrected chi connectivity index (χ4v) is 2.40. The fourth-order valence-electron chi connectivity index (χ4n) is 2.40. The van der Waals surface area contributed by atoms with Crippen LogP contribution in [0.1, 0.15) is 38.8 Å². The van der Waals surface area contributed by atoms with E-state index < -0.39 is 0 Å². The molecule has 2 heterocycles. The quantitative estimate of drug-likeness (QED) is 0.870. The van der Waals surface area contributed by atoms with Crippen molar-refractivity contribution in [1.82, 2.24) is 9.97 Å². The summed E-state index contributed by atoms with van der Waals surface area (Å²) in [6, 6.07) is 2.09. The lowest BCUT2D eigenvalue weighted by molar-refractivity contribution is 0.568. The second-order valence-corrected chi connectivity index (χ2v) is 5.13. The summed E-state index contributed by atoms with van der Waals surface area (Å²) < 4.78 is 0. The Hall–Kier alpha value is -1.32. The Morgan fingerprint density at radius 1 is 1.39 bits per heavy atom. The van der Waals surface area contributed by atoms with Crippen molar-refractivity contribution in [3.05, 3.63) is 11.8 Å². The van der Waals surface area contributed by atoms with E-state index in [1.165, 1.54) is 12.8 Å². The monoisotopic (exact) mass is 248 g/mol. The molecule has 4 heteroatoms. The molecule has 0 spiro atoms. The van der Waals surface area contributed by atoms with Gasteiger partial charge >= 0.3 is 0 Å². The molecule has 18 heavy (non-hydrogen) atoms. The first-order chi connectivity index (χ1) is 8.72. The predicted octanol–water partition coefficient (Wildman–Crippen LogP) is 2.84. The molecular formula is C14H24N4. The Kier molecular flexibility index (Phi) is 4.39. The minimum absolute atomic E-state index is 0.770. The van der Waals surface area contributed by atoms with Gasteiger partial charge in [-0.3, -0.25) is 0 Å². The van der Waals surface area contributed by atoms with E-state index in [-0.39, 0.29) is 0 Å². The summed E-state index contributed by atoms with van der Waals surface area (Å²) >= 11 is 0. The molecule has 1 unspecified atom stereocenters. The number of nitrogens with zero attached hydrogens (tertiary/aromatic N) is 3. The number of nitrogens with one attached hydrogen (secondary N) is 1. The molecule has 0 aromatic carbocycles. The number of anilines is 2. The van der Waals surface area contributed by atoms with Gasteiger partial charge in [0, 0.05) is 31.4 Å². The van der Waals surface area contributed by atoms with Crippen LogP contribution in [-0.2, 0) is 0 Å². The standard InChI is InChI=1S/C14H24N4/c1-4-7-15-14-16-11(3)9-13(17-14)18-8-6-12(5-2)10-18/h9,12H,4-8,10H2,1-3H3,(H,15,16,17). The number of aryl methyl sites for hydroxylation is 1. The highest BCUT2D eigenvalue weighted by Gasteiger charge is 2.22. The topological polar surface area (TPSA) is 41.1 Å². The average Bonchev–Trinajstić information content (AvgIpc) is 2.84. The van der Waals surface area contributed by atoms with Gasteiger partial charge in [0.2, 0.25) is 5.95 Å². The minimum Gasteiger partial charge on any atom is -0.356 e. The van der Waals surface area contributed by atoms with Crippen molar-refractivity contribution in [3.8, 4) is 0 Å². The van der Waals surface area contributed by atoms with E-state index in [2.05, 4.69) is 40.1 Å². The molecule has 1 aliphatic heterocycles. The second-order valence-electron chi connectivity index (χ2n) is 5.13. The van der Waals surface area contributed by atoms with Gasteiger partial charge in [-0.05, 0) is 25.7 Å². The molecule has 1 N–H and O–H groups in total. The Labute approximate surface area is 110 Å². The Bertz CT molecular complexity index is 391. The predicted molar refractivity (Wildman–Crippen MR) is 76.2 cm³/mol. The van der Waals surface area contributed by atoms with Gasteiger partial charge in [0.1, 0.15) is 5.82 Å². The molecule has 0 radical (unpaired) electrons. The van der Waals surface area contributed by atoms with Crippen molar-refractivity contribution < 1.29 is 0 Å². The molecule has 0 aliphatic carbocycles. The van der Waals surface area contributed by atoms with Crippen LogP contribution in [0.2, 0.25) is 0 Å². The van der Waals surface area contributed by atoms with Gasteiger partial charge in [0.05, 0.1) is 0 Å². The molecule has 0 bridgehead atoms. The maximum atomic E-state index is 4.63. The van der Waals surface area contributed by atoms with Gasteiger partial charge in [-0.25, -0.2) is 4.98 Å². The van der Waals surface area contributed by atoms with Gasteiger partial charge in [-0.2, -0.15) is 4.98 Å². The molecule has 1 aromatic heterocycles. The zero-order chi connectivity index (χ0) is 13.0. The van der Waals surface area contributed by atoms with Gasteiger partial charge in [0.15, 0.2) is 0 Å². The second kappa shape index (κ2) is 6.03. The molecule has 1 atom stereocenters. The third-order valence-corrected chi connectivity index (χ3v) is 3.56. The first-order valence-corrected chi connectivity index (χ1v) is 7.07. The lowest BCUT2D eigenvalue weighted by atomic mass is 10.1.